The molecule has 2 aromatic carbocycles. The summed E-state index contributed by atoms with van der Waals surface area (Å²) in [5.41, 5.74) is -1.61. The van der Waals surface area contributed by atoms with Gasteiger partial charge in [0.2, 0.25) is 0 Å². The molecule has 0 spiro atoms. The first-order chi connectivity index (χ1) is 17.3. The number of hydrogen-bond acceptors (Lipinski definition) is 4. The van der Waals surface area contributed by atoms with Crippen molar-refractivity contribution in [1.82, 2.24) is 0 Å². The van der Waals surface area contributed by atoms with Crippen molar-refractivity contribution in [2.45, 2.75) is 25.2 Å². The van der Waals surface area contributed by atoms with E-state index in [1.807, 2.05) is 0 Å². The van der Waals surface area contributed by atoms with E-state index in [1.165, 1.54) is 0 Å². The van der Waals surface area contributed by atoms with Crippen molar-refractivity contribution in [2.24, 2.45) is 0 Å². The summed E-state index contributed by atoms with van der Waals surface area (Å²) in [5.74, 6) is -4.88. The summed E-state index contributed by atoms with van der Waals surface area (Å²) in [6, 6.07) is 1.30. The van der Waals surface area contributed by atoms with Crippen LogP contribution in [-0.2, 0) is 0 Å². The van der Waals surface area contributed by atoms with E-state index in [0.717, 1.165) is 0 Å². The highest BCUT2D eigenvalue weighted by molar-refractivity contribution is 6.69. The van der Waals surface area contributed by atoms with Crippen LogP contribution in [0.2, 0.25) is 20.1 Å². The fourth-order valence-electron chi connectivity index (χ4n) is 2.32. The Labute approximate surface area is 233 Å². The molecule has 0 heterocycles. The first-order valence-electron chi connectivity index (χ1n) is 9.44. The van der Waals surface area contributed by atoms with E-state index in [0.29, 0.717) is 12.1 Å². The van der Waals surface area contributed by atoms with Crippen LogP contribution in [0.15, 0.2) is 12.1 Å². The molecule has 18 heteroatoms. The topological polar surface area (TPSA) is 72.8 Å². The van der Waals surface area contributed by atoms with Crippen molar-refractivity contribution < 1.29 is 59.3 Å². The number of aromatic carboxylic acids is 1. The number of ether oxygens (including phenoxy) is 2. The molecule has 0 fully saturated rings. The van der Waals surface area contributed by atoms with E-state index < -0.39 is 98.9 Å². The van der Waals surface area contributed by atoms with Crippen LogP contribution in [0.4, 0.5) is 35.1 Å². The number of carbonyl (C=O) groups is 2. The average molecular weight is 661 g/mol. The Balaban J connectivity index is 0.000000380. The Morgan fingerprint density at radius 2 is 1.08 bits per heavy atom. The molecule has 0 aliphatic carbocycles. The average Bonchev–Trinajstić information content (AvgIpc) is 2.70. The van der Waals surface area contributed by atoms with Crippen molar-refractivity contribution in [3.8, 4) is 11.5 Å². The summed E-state index contributed by atoms with van der Waals surface area (Å²) in [7, 11) is 0. The van der Waals surface area contributed by atoms with Gasteiger partial charge < -0.3 is 14.6 Å². The molecule has 2 rings (SSSR count). The highest BCUT2D eigenvalue weighted by Crippen LogP contribution is 2.39. The molecule has 0 radical (unpaired) electrons. The van der Waals surface area contributed by atoms with Crippen molar-refractivity contribution in [3.05, 3.63) is 55.0 Å². The molecule has 0 unspecified atom stereocenters. The number of hydrogen-bond donors (Lipinski definition) is 1. The second-order valence-electron chi connectivity index (χ2n) is 6.72. The first kappa shape index (κ1) is 34.1. The maximum absolute atomic E-state index is 13.3. The molecule has 0 saturated carbocycles. The molecule has 2 aromatic rings. The molecule has 0 bridgehead atoms. The van der Waals surface area contributed by atoms with Crippen LogP contribution >= 0.6 is 58.0 Å². The molecule has 0 aliphatic heterocycles. The Morgan fingerprint density at radius 3 is 1.39 bits per heavy atom. The maximum Gasteiger partial charge on any atom is 0.392 e. The van der Waals surface area contributed by atoms with Gasteiger partial charge in [-0.05, 0) is 23.7 Å². The summed E-state index contributed by atoms with van der Waals surface area (Å²) < 4.78 is 108. The molecular formula is C20H11Cl5F8O5. The van der Waals surface area contributed by atoms with Crippen LogP contribution in [0.5, 0.6) is 11.5 Å². The smallest absolute Gasteiger partial charge is 0.392 e. The number of benzene rings is 2. The quantitative estimate of drug-likeness (QED) is 0.226. The molecule has 5 nitrogen and oxygen atoms in total. The third-order valence-corrected chi connectivity index (χ3v) is 5.40. The highest BCUT2D eigenvalue weighted by Gasteiger charge is 2.29. The number of alkyl halides is 6. The molecule has 0 amide bonds. The van der Waals surface area contributed by atoms with Crippen LogP contribution in [0.25, 0.3) is 0 Å². The van der Waals surface area contributed by atoms with Gasteiger partial charge in [0.1, 0.15) is 22.2 Å². The molecule has 0 saturated heterocycles. The van der Waals surface area contributed by atoms with Crippen molar-refractivity contribution in [1.29, 1.82) is 0 Å². The van der Waals surface area contributed by atoms with Gasteiger partial charge in [-0.3, -0.25) is 4.79 Å². The number of carboxylic acid groups (broad SMARTS) is 1. The first-order valence-corrected chi connectivity index (χ1v) is 11.3. The Morgan fingerprint density at radius 1 is 0.737 bits per heavy atom. The van der Waals surface area contributed by atoms with E-state index in [2.05, 4.69) is 4.74 Å². The summed E-state index contributed by atoms with van der Waals surface area (Å²) in [4.78, 5) is 21.7. The lowest BCUT2D eigenvalue weighted by molar-refractivity contribution is -0.140. The van der Waals surface area contributed by atoms with Gasteiger partial charge in [0.05, 0.1) is 46.7 Å². The molecule has 212 valence electrons. The normalized spacial score (nSPS) is 11.5. The SMILES string of the molecule is O=C(Cl)c1c(F)cc(Cl)c(OCCC(F)(F)F)c1Cl.O=C(O)c1c(F)cc(Cl)c(OCCC(F)(F)F)c1Cl. The van der Waals surface area contributed by atoms with E-state index in [9.17, 15) is 44.7 Å². The van der Waals surface area contributed by atoms with Crippen LogP contribution in [0.3, 0.4) is 0 Å². The molecule has 38 heavy (non-hydrogen) atoms. The number of carboxylic acids is 1. The minimum atomic E-state index is -4.45. The van der Waals surface area contributed by atoms with Gasteiger partial charge in [-0.2, -0.15) is 26.3 Å². The van der Waals surface area contributed by atoms with Crippen LogP contribution < -0.4 is 9.47 Å². The minimum Gasteiger partial charge on any atom is -0.490 e. The fraction of sp³-hybridized carbons (Fsp3) is 0.300. The third-order valence-electron chi connectivity index (χ3n) is 3.93. The lowest BCUT2D eigenvalue weighted by atomic mass is 10.2. The van der Waals surface area contributed by atoms with E-state index in [-0.39, 0.29) is 5.02 Å². The molecular weight excluding hydrogens is 649 g/mol. The highest BCUT2D eigenvalue weighted by atomic mass is 35.5. The number of rotatable bonds is 8. The second-order valence-corrected chi connectivity index (χ2v) is 8.64. The van der Waals surface area contributed by atoms with E-state index >= 15 is 0 Å². The van der Waals surface area contributed by atoms with Gasteiger partial charge in [0.15, 0.2) is 11.5 Å². The van der Waals surface area contributed by atoms with Crippen LogP contribution in [0.1, 0.15) is 33.6 Å². The van der Waals surface area contributed by atoms with Crippen LogP contribution in [-0.4, -0.2) is 41.9 Å². The van der Waals surface area contributed by atoms with Crippen molar-refractivity contribution in [3.63, 3.8) is 0 Å². The van der Waals surface area contributed by atoms with Gasteiger partial charge in [-0.1, -0.05) is 46.4 Å². The zero-order valence-electron chi connectivity index (χ0n) is 18.0. The minimum absolute atomic E-state index is 0.355. The van der Waals surface area contributed by atoms with Gasteiger partial charge in [-0.25, -0.2) is 13.6 Å². The van der Waals surface area contributed by atoms with Gasteiger partial charge in [0.25, 0.3) is 5.24 Å². The lowest BCUT2D eigenvalue weighted by Gasteiger charge is -2.13. The summed E-state index contributed by atoms with van der Waals surface area (Å²) in [6.07, 6.45) is -11.4. The Kier molecular flexibility index (Phi) is 12.5. The second kappa shape index (κ2) is 13.9. The monoisotopic (exact) mass is 658 g/mol. The summed E-state index contributed by atoms with van der Waals surface area (Å²) in [5, 5.41) is 5.50. The Hall–Kier alpha value is -1.93. The fourth-order valence-corrected chi connectivity index (χ4v) is 3.80. The maximum atomic E-state index is 13.3. The third kappa shape index (κ3) is 10.3. The summed E-state index contributed by atoms with van der Waals surface area (Å²) in [6.45, 7) is -1.59. The molecule has 0 atom stereocenters. The summed E-state index contributed by atoms with van der Waals surface area (Å²) >= 11 is 27.4. The van der Waals surface area contributed by atoms with Crippen LogP contribution in [0, 0.1) is 11.6 Å². The van der Waals surface area contributed by atoms with Crippen molar-refractivity contribution >= 4 is 69.2 Å². The number of carbonyl (C=O) groups excluding carboxylic acids is 1. The standard InChI is InChI=1S/C10H5Cl3F4O2.C10H6Cl2F4O3/c11-4-3-5(14)6(9(13)18)7(12)8(4)19-2-1-10(15,16)17;11-4-3-5(13)6(9(17)18)7(12)8(4)19-2-1-10(14,15)16/h3H,1-2H2;3H,1-2H2,(H,17,18). The predicted molar refractivity (Wildman–Crippen MR) is 122 cm³/mol. The molecule has 0 aromatic heterocycles. The van der Waals surface area contributed by atoms with Crippen molar-refractivity contribution in [2.75, 3.05) is 13.2 Å². The van der Waals surface area contributed by atoms with Gasteiger partial charge in [-0.15, -0.1) is 0 Å². The molecule has 1 N–H and O–H groups in total. The van der Waals surface area contributed by atoms with Gasteiger partial charge in [0, 0.05) is 0 Å². The predicted octanol–water partition coefficient (Wildman–Crippen LogP) is 9.00. The lowest BCUT2D eigenvalue weighted by Crippen LogP contribution is -2.14. The zero-order chi connectivity index (χ0) is 29.6. The van der Waals surface area contributed by atoms with Gasteiger partial charge >= 0.3 is 18.3 Å². The number of halogens is 13. The van der Waals surface area contributed by atoms with E-state index in [1.54, 1.807) is 0 Å². The molecule has 0 aliphatic rings. The zero-order valence-corrected chi connectivity index (χ0v) is 21.8. The Bertz CT molecular complexity index is 1100. The largest absolute Gasteiger partial charge is 0.490 e. The van der Waals surface area contributed by atoms with E-state index in [4.69, 9.17) is 67.8 Å².